The zero-order valence-corrected chi connectivity index (χ0v) is 26.7. The van der Waals surface area contributed by atoms with Crippen LogP contribution >= 0.6 is 11.9 Å². The molecule has 216 valence electrons. The van der Waals surface area contributed by atoms with Gasteiger partial charge in [-0.3, -0.25) is 0 Å². The fraction of sp³-hybridized carbons (Fsp3) is 0.281. The van der Waals surface area contributed by atoms with E-state index in [2.05, 4.69) is 23.1 Å². The minimum absolute atomic E-state index is 0. The normalized spacial score (nSPS) is 12.5. The number of hydrogen-bond acceptors (Lipinski definition) is 6. The molecule has 0 aliphatic carbocycles. The van der Waals surface area contributed by atoms with E-state index >= 15 is 0 Å². The quantitative estimate of drug-likeness (QED) is 0.161. The number of nitrogens with zero attached hydrogens (tertiary/aromatic N) is 1. The average Bonchev–Trinajstić information content (AvgIpc) is 3.26. The van der Waals surface area contributed by atoms with Crippen molar-refractivity contribution < 1.29 is 58.5 Å². The molecule has 3 aromatic carbocycles. The van der Waals surface area contributed by atoms with Gasteiger partial charge in [-0.1, -0.05) is 44.2 Å². The molecule has 0 saturated heterocycles. The number of carboxylic acid groups (broad SMARTS) is 1. The molecule has 2 unspecified atom stereocenters. The number of hydrogen-bond donors (Lipinski definition) is 3. The molecule has 0 fully saturated rings. The van der Waals surface area contributed by atoms with Crippen molar-refractivity contribution in [3.05, 3.63) is 96.2 Å². The molecule has 6 nitrogen and oxygen atoms in total. The molecule has 3 N–H and O–H groups in total. The molecule has 1 aromatic heterocycles. The maximum atomic E-state index is 14.0. The van der Waals surface area contributed by atoms with Crippen LogP contribution in [-0.2, 0) is 11.3 Å². The number of carbonyl (C=O) groups excluding carboxylic acids is 1. The predicted octanol–water partition coefficient (Wildman–Crippen LogP) is 2.99. The van der Waals surface area contributed by atoms with Gasteiger partial charge in [0.1, 0.15) is 11.6 Å². The molecule has 4 rings (SSSR count). The van der Waals surface area contributed by atoms with E-state index in [1.807, 2.05) is 30.3 Å². The SMILES string of the molecule is CC(C)c1c(SNc2ccccc2)c(-c2ccc(F)cc2)c(-c2ccc(F)cc2)n1CCC(O)CC(O)CC(=O)[O-].[Na+]. The minimum Gasteiger partial charge on any atom is -0.550 e. The summed E-state index contributed by atoms with van der Waals surface area (Å²) in [6, 6.07) is 22.1. The van der Waals surface area contributed by atoms with Crippen molar-refractivity contribution in [1.29, 1.82) is 0 Å². The Morgan fingerprint density at radius 3 is 2.02 bits per heavy atom. The number of aromatic nitrogens is 1. The van der Waals surface area contributed by atoms with Gasteiger partial charge in [0.05, 0.1) is 22.8 Å². The predicted molar refractivity (Wildman–Crippen MR) is 156 cm³/mol. The number of halogens is 2. The first-order valence-corrected chi connectivity index (χ1v) is 14.3. The van der Waals surface area contributed by atoms with Crippen LogP contribution < -0.4 is 39.4 Å². The summed E-state index contributed by atoms with van der Waals surface area (Å²) >= 11 is 1.43. The number of rotatable bonds is 13. The summed E-state index contributed by atoms with van der Waals surface area (Å²) in [5, 5.41) is 31.6. The number of anilines is 1. The zero-order valence-electron chi connectivity index (χ0n) is 23.9. The number of carboxylic acids is 1. The Bertz CT molecular complexity index is 1450. The molecular formula is C32H33F2N2NaO4S. The van der Waals surface area contributed by atoms with Crippen molar-refractivity contribution in [2.24, 2.45) is 0 Å². The Morgan fingerprint density at radius 1 is 0.905 bits per heavy atom. The van der Waals surface area contributed by atoms with Crippen molar-refractivity contribution >= 4 is 23.6 Å². The van der Waals surface area contributed by atoms with E-state index in [0.29, 0.717) is 6.54 Å². The van der Waals surface area contributed by atoms with E-state index in [1.54, 1.807) is 24.3 Å². The second-order valence-corrected chi connectivity index (χ2v) is 11.1. The van der Waals surface area contributed by atoms with Gasteiger partial charge in [-0.05, 0) is 90.4 Å². The van der Waals surface area contributed by atoms with E-state index in [-0.39, 0.29) is 60.0 Å². The van der Waals surface area contributed by atoms with Gasteiger partial charge >= 0.3 is 29.6 Å². The molecule has 0 amide bonds. The molecule has 10 heteroatoms. The Morgan fingerprint density at radius 2 is 1.48 bits per heavy atom. The first-order valence-electron chi connectivity index (χ1n) is 13.5. The van der Waals surface area contributed by atoms with Crippen LogP contribution in [0, 0.1) is 11.6 Å². The molecule has 1 heterocycles. The van der Waals surface area contributed by atoms with Crippen molar-refractivity contribution in [3.8, 4) is 22.4 Å². The Labute approximate surface area is 271 Å². The molecule has 0 spiro atoms. The van der Waals surface area contributed by atoms with Crippen molar-refractivity contribution in [3.63, 3.8) is 0 Å². The molecule has 2 atom stereocenters. The molecule has 4 aromatic rings. The summed E-state index contributed by atoms with van der Waals surface area (Å²) in [6.45, 7) is 4.45. The van der Waals surface area contributed by atoms with Crippen LogP contribution in [0.1, 0.15) is 44.7 Å². The van der Waals surface area contributed by atoms with Crippen LogP contribution in [0.2, 0.25) is 0 Å². The molecule has 0 saturated carbocycles. The number of carbonyl (C=O) groups is 1. The van der Waals surface area contributed by atoms with E-state index in [4.69, 9.17) is 0 Å². The third-order valence-electron chi connectivity index (χ3n) is 6.73. The number of para-hydroxylation sites is 1. The third kappa shape index (κ3) is 8.69. The number of nitrogens with one attached hydrogen (secondary N) is 1. The zero-order chi connectivity index (χ0) is 29.5. The molecule has 0 radical (unpaired) electrons. The fourth-order valence-corrected chi connectivity index (χ4v) is 6.04. The van der Waals surface area contributed by atoms with E-state index in [1.165, 1.54) is 36.2 Å². The summed E-state index contributed by atoms with van der Waals surface area (Å²) in [7, 11) is 0. The second kappa shape index (κ2) is 15.7. The number of benzene rings is 3. The van der Waals surface area contributed by atoms with Gasteiger partial charge in [0, 0.05) is 35.9 Å². The van der Waals surface area contributed by atoms with Crippen molar-refractivity contribution in [2.45, 2.75) is 62.7 Å². The minimum atomic E-state index is -1.38. The topological polar surface area (TPSA) is 97.6 Å². The van der Waals surface area contributed by atoms with Crippen LogP contribution in [0.4, 0.5) is 14.5 Å². The van der Waals surface area contributed by atoms with Crippen LogP contribution in [-0.4, -0.2) is 33.0 Å². The monoisotopic (exact) mass is 602 g/mol. The number of aliphatic hydroxyl groups is 2. The van der Waals surface area contributed by atoms with Gasteiger partial charge in [-0.2, -0.15) is 0 Å². The Balaban J connectivity index is 0.00000484. The number of aliphatic hydroxyl groups excluding tert-OH is 2. The van der Waals surface area contributed by atoms with Crippen molar-refractivity contribution in [1.82, 2.24) is 4.57 Å². The fourth-order valence-electron chi connectivity index (χ4n) is 4.92. The Hall–Kier alpha value is -2.66. The van der Waals surface area contributed by atoms with E-state index in [0.717, 1.165) is 38.7 Å². The van der Waals surface area contributed by atoms with Gasteiger partial charge in [0.25, 0.3) is 0 Å². The smallest absolute Gasteiger partial charge is 0.550 e. The third-order valence-corrected chi connectivity index (χ3v) is 7.69. The standard InChI is InChI=1S/C32H34F2N2O4S.Na/c1-20(2)30-32(41-35-25-6-4-3-5-7-25)29(21-8-12-23(33)13-9-21)31(22-10-14-24(34)15-11-22)36(30)17-16-26(37)18-27(38)19-28(39)40;/h3-15,20,26-27,35,37-38H,16-19H2,1-2H3,(H,39,40);/q;+1/p-1. The van der Waals surface area contributed by atoms with Gasteiger partial charge in [0.2, 0.25) is 0 Å². The molecule has 0 aliphatic rings. The summed E-state index contributed by atoms with van der Waals surface area (Å²) in [6.07, 6.45) is -2.64. The van der Waals surface area contributed by atoms with Gasteiger partial charge in [-0.25, -0.2) is 8.78 Å². The van der Waals surface area contributed by atoms with E-state index < -0.39 is 24.6 Å². The van der Waals surface area contributed by atoms with E-state index in [9.17, 15) is 28.9 Å². The molecule has 42 heavy (non-hydrogen) atoms. The maximum Gasteiger partial charge on any atom is 1.00 e. The largest absolute Gasteiger partial charge is 1.00 e. The maximum absolute atomic E-state index is 14.0. The summed E-state index contributed by atoms with van der Waals surface area (Å²) in [4.78, 5) is 11.8. The van der Waals surface area contributed by atoms with Crippen LogP contribution in [0.5, 0.6) is 0 Å². The molecular weight excluding hydrogens is 569 g/mol. The number of aliphatic carboxylic acids is 1. The van der Waals surface area contributed by atoms with Crippen LogP contribution in [0.25, 0.3) is 22.4 Å². The van der Waals surface area contributed by atoms with Crippen LogP contribution in [0.15, 0.2) is 83.8 Å². The van der Waals surface area contributed by atoms with Gasteiger partial charge < -0.3 is 29.4 Å². The summed E-state index contributed by atoms with van der Waals surface area (Å²) in [5.74, 6) is -2.11. The van der Waals surface area contributed by atoms with Crippen molar-refractivity contribution in [2.75, 3.05) is 4.72 Å². The summed E-state index contributed by atoms with van der Waals surface area (Å²) in [5.41, 5.74) is 4.98. The second-order valence-electron chi connectivity index (χ2n) is 10.2. The van der Waals surface area contributed by atoms with Crippen LogP contribution in [0.3, 0.4) is 0 Å². The first-order chi connectivity index (χ1) is 19.6. The summed E-state index contributed by atoms with van der Waals surface area (Å²) < 4.78 is 33.5. The Kier molecular flexibility index (Phi) is 12.7. The van der Waals surface area contributed by atoms with Gasteiger partial charge in [0.15, 0.2) is 0 Å². The first kappa shape index (κ1) is 33.8. The average molecular weight is 603 g/mol. The molecule has 0 bridgehead atoms. The van der Waals surface area contributed by atoms with Gasteiger partial charge in [-0.15, -0.1) is 0 Å². The molecule has 0 aliphatic heterocycles.